The molecular weight excluding hydrogens is 290 g/mol. The summed E-state index contributed by atoms with van der Waals surface area (Å²) in [6, 6.07) is 9.15. The van der Waals surface area contributed by atoms with E-state index < -0.39 is 0 Å². The van der Waals surface area contributed by atoms with Gasteiger partial charge >= 0.3 is 0 Å². The van der Waals surface area contributed by atoms with Crippen LogP contribution in [0, 0.1) is 11.3 Å². The van der Waals surface area contributed by atoms with E-state index in [0.717, 1.165) is 16.6 Å². The van der Waals surface area contributed by atoms with Gasteiger partial charge in [0.2, 0.25) is 0 Å². The van der Waals surface area contributed by atoms with Crippen molar-refractivity contribution in [1.82, 2.24) is 0 Å². The van der Waals surface area contributed by atoms with Crippen LogP contribution in [0.2, 0.25) is 0 Å². The van der Waals surface area contributed by atoms with Crippen LogP contribution in [-0.4, -0.2) is 12.6 Å². The normalized spacial score (nSPS) is 16.1. The molecule has 0 aliphatic heterocycles. The van der Waals surface area contributed by atoms with Gasteiger partial charge in [0.15, 0.2) is 0 Å². The van der Waals surface area contributed by atoms with Gasteiger partial charge in [-0.1, -0.05) is 6.07 Å². The van der Waals surface area contributed by atoms with Crippen LogP contribution in [0.15, 0.2) is 22.7 Å². The molecule has 0 heterocycles. The maximum Gasteiger partial charge on any atom is 0.0640 e. The van der Waals surface area contributed by atoms with Gasteiger partial charge in [-0.25, -0.2) is 0 Å². The second kappa shape index (κ2) is 5.73. The molecule has 1 aromatic rings. The first kappa shape index (κ1) is 13.4. The summed E-state index contributed by atoms with van der Waals surface area (Å²) in [6.45, 7) is 2.78. The fourth-order valence-corrected chi connectivity index (χ4v) is 2.72. The quantitative estimate of drug-likeness (QED) is 0.907. The molecule has 4 heteroatoms. The first-order valence-corrected chi connectivity index (χ1v) is 7.11. The van der Waals surface area contributed by atoms with Crippen LogP contribution in [0.3, 0.4) is 0 Å². The molecule has 18 heavy (non-hydrogen) atoms. The summed E-state index contributed by atoms with van der Waals surface area (Å²) >= 11 is 3.62. The molecule has 0 spiro atoms. The van der Waals surface area contributed by atoms with Crippen LogP contribution in [0.25, 0.3) is 0 Å². The Morgan fingerprint density at radius 3 is 2.78 bits per heavy atom. The van der Waals surface area contributed by atoms with Crippen molar-refractivity contribution in [3.63, 3.8) is 0 Å². The molecule has 0 saturated heterocycles. The molecule has 0 unspecified atom stereocenters. The van der Waals surface area contributed by atoms with Crippen LogP contribution in [0.1, 0.15) is 37.8 Å². The van der Waals surface area contributed by atoms with Crippen molar-refractivity contribution in [2.24, 2.45) is 5.73 Å². The third kappa shape index (κ3) is 3.04. The Balaban J connectivity index is 2.22. The van der Waals surface area contributed by atoms with E-state index in [9.17, 15) is 0 Å². The third-order valence-electron chi connectivity index (χ3n) is 3.26. The molecule has 2 rings (SSSR count). The number of hydrogen-bond donors (Lipinski definition) is 1. The number of nitrogens with two attached hydrogens (primary N) is 1. The molecule has 3 nitrogen and oxygen atoms in total. The maximum absolute atomic E-state index is 8.75. The minimum absolute atomic E-state index is 0.0452. The molecule has 1 atom stereocenters. The molecule has 0 aromatic heterocycles. The third-order valence-corrected chi connectivity index (χ3v) is 3.89. The lowest BCUT2D eigenvalue weighted by Gasteiger charge is -2.25. The van der Waals surface area contributed by atoms with Gasteiger partial charge in [-0.2, -0.15) is 5.26 Å². The van der Waals surface area contributed by atoms with Crippen LogP contribution in [-0.2, 0) is 0 Å². The average molecular weight is 308 g/mol. The number of nitriles is 1. The summed E-state index contributed by atoms with van der Waals surface area (Å²) in [5.41, 5.74) is 8.19. The van der Waals surface area contributed by atoms with Gasteiger partial charge in [0.05, 0.1) is 18.2 Å². The van der Waals surface area contributed by atoms with Crippen molar-refractivity contribution in [2.75, 3.05) is 11.4 Å². The van der Waals surface area contributed by atoms with E-state index in [1.54, 1.807) is 0 Å². The highest BCUT2D eigenvalue weighted by Crippen LogP contribution is 2.36. The highest BCUT2D eigenvalue weighted by atomic mass is 79.9. The summed E-state index contributed by atoms with van der Waals surface area (Å²) in [7, 11) is 0. The lowest BCUT2D eigenvalue weighted by molar-refractivity contribution is 0.786. The van der Waals surface area contributed by atoms with E-state index in [1.807, 2.05) is 6.92 Å². The van der Waals surface area contributed by atoms with Crippen LogP contribution >= 0.6 is 15.9 Å². The first-order valence-electron chi connectivity index (χ1n) is 6.32. The van der Waals surface area contributed by atoms with Crippen molar-refractivity contribution in [2.45, 2.75) is 38.3 Å². The number of rotatable bonds is 5. The van der Waals surface area contributed by atoms with E-state index >= 15 is 0 Å². The van der Waals surface area contributed by atoms with Crippen molar-refractivity contribution >= 4 is 21.6 Å². The van der Waals surface area contributed by atoms with Crippen molar-refractivity contribution in [3.05, 3.63) is 28.2 Å². The van der Waals surface area contributed by atoms with E-state index in [-0.39, 0.29) is 6.04 Å². The number of hydrogen-bond acceptors (Lipinski definition) is 3. The van der Waals surface area contributed by atoms with Gasteiger partial charge in [0.1, 0.15) is 0 Å². The topological polar surface area (TPSA) is 53.0 Å². The summed E-state index contributed by atoms with van der Waals surface area (Å²) in [4.78, 5) is 2.33. The van der Waals surface area contributed by atoms with Crippen molar-refractivity contribution in [3.8, 4) is 6.07 Å². The Bertz CT molecular complexity index is 461. The SMILES string of the molecule is C[C@H](N)c1ccc(N(CCC#N)C2CC2)c(Br)c1. The highest BCUT2D eigenvalue weighted by Gasteiger charge is 2.29. The molecule has 96 valence electrons. The Morgan fingerprint density at radius 2 is 2.28 bits per heavy atom. The molecule has 0 bridgehead atoms. The summed E-state index contributed by atoms with van der Waals surface area (Å²) in [5, 5.41) is 8.75. The Morgan fingerprint density at radius 1 is 1.56 bits per heavy atom. The van der Waals surface area contributed by atoms with E-state index in [4.69, 9.17) is 11.0 Å². The van der Waals surface area contributed by atoms with Gasteiger partial charge in [-0.05, 0) is 53.4 Å². The Kier molecular flexibility index (Phi) is 4.26. The number of halogens is 1. The minimum Gasteiger partial charge on any atom is -0.367 e. The Hall–Kier alpha value is -1.05. The fraction of sp³-hybridized carbons (Fsp3) is 0.500. The van der Waals surface area contributed by atoms with Crippen LogP contribution in [0.4, 0.5) is 5.69 Å². The molecule has 0 amide bonds. The van der Waals surface area contributed by atoms with E-state index in [0.29, 0.717) is 12.5 Å². The van der Waals surface area contributed by atoms with Gasteiger partial charge in [0.25, 0.3) is 0 Å². The molecular formula is C14H18BrN3. The summed E-state index contributed by atoms with van der Waals surface area (Å²) in [6.07, 6.45) is 3.03. The molecule has 0 radical (unpaired) electrons. The van der Waals surface area contributed by atoms with Gasteiger partial charge < -0.3 is 10.6 Å². The van der Waals surface area contributed by atoms with Gasteiger partial charge in [-0.3, -0.25) is 0 Å². The number of nitrogens with zero attached hydrogens (tertiary/aromatic N) is 2. The van der Waals surface area contributed by atoms with Crippen molar-refractivity contribution < 1.29 is 0 Å². The van der Waals surface area contributed by atoms with Gasteiger partial charge in [0, 0.05) is 23.1 Å². The zero-order valence-electron chi connectivity index (χ0n) is 10.6. The molecule has 1 aromatic carbocycles. The van der Waals surface area contributed by atoms with Gasteiger partial charge in [-0.15, -0.1) is 0 Å². The Labute approximate surface area is 117 Å². The first-order chi connectivity index (χ1) is 8.63. The molecule has 2 N–H and O–H groups in total. The highest BCUT2D eigenvalue weighted by molar-refractivity contribution is 9.10. The lowest BCUT2D eigenvalue weighted by Crippen LogP contribution is -2.27. The molecule has 1 aliphatic rings. The smallest absolute Gasteiger partial charge is 0.0640 e. The zero-order chi connectivity index (χ0) is 13.1. The van der Waals surface area contributed by atoms with Crippen LogP contribution < -0.4 is 10.6 Å². The molecule has 1 fully saturated rings. The largest absolute Gasteiger partial charge is 0.367 e. The maximum atomic E-state index is 8.75. The minimum atomic E-state index is 0.0452. The van der Waals surface area contributed by atoms with E-state index in [1.165, 1.54) is 18.5 Å². The monoisotopic (exact) mass is 307 g/mol. The second-order valence-corrected chi connectivity index (χ2v) is 5.69. The summed E-state index contributed by atoms with van der Waals surface area (Å²) in [5.74, 6) is 0. The second-order valence-electron chi connectivity index (χ2n) is 4.83. The van der Waals surface area contributed by atoms with Crippen LogP contribution in [0.5, 0.6) is 0 Å². The predicted molar refractivity (Wildman–Crippen MR) is 77.3 cm³/mol. The van der Waals surface area contributed by atoms with Crippen molar-refractivity contribution in [1.29, 1.82) is 5.26 Å². The number of benzene rings is 1. The average Bonchev–Trinajstić information content (AvgIpc) is 3.15. The van der Waals surface area contributed by atoms with E-state index in [2.05, 4.69) is 45.1 Å². The standard InChI is InChI=1S/C14H18BrN3/c1-10(17)11-3-6-14(13(15)9-11)18(8-2-7-16)12-4-5-12/h3,6,9-10,12H,2,4-5,8,17H2,1H3/t10-/m0/s1. The zero-order valence-corrected chi connectivity index (χ0v) is 12.2. The molecule has 1 saturated carbocycles. The molecule has 1 aliphatic carbocycles. The predicted octanol–water partition coefficient (Wildman–Crippen LogP) is 3.35. The summed E-state index contributed by atoms with van der Waals surface area (Å²) < 4.78 is 1.07. The lowest BCUT2D eigenvalue weighted by atomic mass is 10.1. The fourth-order valence-electron chi connectivity index (χ4n) is 2.10. The number of anilines is 1.